The highest BCUT2D eigenvalue weighted by Gasteiger charge is 2.34. The van der Waals surface area contributed by atoms with E-state index in [1.807, 2.05) is 106 Å². The molecule has 1 atom stereocenters. The zero-order valence-electron chi connectivity index (χ0n) is 21.4. The number of ether oxygens (including phenoxy) is 1. The highest BCUT2D eigenvalue weighted by atomic mass is 32.1. The Morgan fingerprint density at radius 1 is 0.973 bits per heavy atom. The van der Waals surface area contributed by atoms with E-state index in [1.165, 1.54) is 11.3 Å². The molecular formula is C31H30N2O3S. The van der Waals surface area contributed by atoms with Crippen LogP contribution in [0.1, 0.15) is 42.8 Å². The molecule has 0 fully saturated rings. The van der Waals surface area contributed by atoms with Crippen LogP contribution in [0.4, 0.5) is 0 Å². The summed E-state index contributed by atoms with van der Waals surface area (Å²) >= 11 is 1.51. The summed E-state index contributed by atoms with van der Waals surface area (Å²) in [5.41, 5.74) is 1.12. The van der Waals surface area contributed by atoms with Crippen LogP contribution in [0.3, 0.4) is 0 Å². The lowest BCUT2D eigenvalue weighted by molar-refractivity contribution is -0.138. The minimum Gasteiger partial charge on any atom is -0.497 e. The number of amides is 2. The van der Waals surface area contributed by atoms with Crippen LogP contribution in [-0.4, -0.2) is 29.4 Å². The van der Waals surface area contributed by atoms with Gasteiger partial charge in [-0.25, -0.2) is 0 Å². The normalized spacial score (nSPS) is 11.8. The number of methoxy groups -OCH3 is 1. The number of thiophene rings is 1. The van der Waals surface area contributed by atoms with Gasteiger partial charge in [-0.15, -0.1) is 11.3 Å². The lowest BCUT2D eigenvalue weighted by Crippen LogP contribution is -2.48. The average Bonchev–Trinajstić information content (AvgIpc) is 3.30. The molecule has 0 aliphatic carbocycles. The molecule has 4 rings (SSSR count). The lowest BCUT2D eigenvalue weighted by Gasteiger charge is -2.32. The van der Waals surface area contributed by atoms with Crippen molar-refractivity contribution in [2.45, 2.75) is 38.9 Å². The number of rotatable bonds is 6. The highest BCUT2D eigenvalue weighted by Crippen LogP contribution is 2.34. The predicted molar refractivity (Wildman–Crippen MR) is 149 cm³/mol. The molecule has 4 aromatic rings. The summed E-state index contributed by atoms with van der Waals surface area (Å²) in [5.74, 6) is 5.79. The third kappa shape index (κ3) is 6.78. The summed E-state index contributed by atoms with van der Waals surface area (Å²) in [6.07, 6.45) is 0. The van der Waals surface area contributed by atoms with Gasteiger partial charge in [-0.05, 0) is 68.1 Å². The maximum Gasteiger partial charge on any atom is 0.300 e. The van der Waals surface area contributed by atoms with E-state index in [0.717, 1.165) is 31.8 Å². The van der Waals surface area contributed by atoms with Crippen LogP contribution in [0.2, 0.25) is 0 Å². The molecule has 0 spiro atoms. The molecule has 1 aromatic heterocycles. The van der Waals surface area contributed by atoms with Gasteiger partial charge in [0.05, 0.1) is 7.11 Å². The molecule has 1 heterocycles. The first kappa shape index (κ1) is 26.0. The molecule has 0 saturated heterocycles. The van der Waals surface area contributed by atoms with E-state index < -0.39 is 17.5 Å². The van der Waals surface area contributed by atoms with Gasteiger partial charge in [0.1, 0.15) is 11.8 Å². The molecule has 188 valence electrons. The monoisotopic (exact) mass is 510 g/mol. The maximum atomic E-state index is 13.8. The zero-order chi connectivity index (χ0) is 26.4. The first-order valence-corrected chi connectivity index (χ1v) is 12.9. The fraction of sp³-hybridized carbons (Fsp3) is 0.226. The number of carbonyl (C=O) groups excluding carboxylic acids is 2. The fourth-order valence-corrected chi connectivity index (χ4v) is 5.10. The van der Waals surface area contributed by atoms with E-state index >= 15 is 0 Å². The largest absolute Gasteiger partial charge is 0.497 e. The standard InChI is InChI=1S/C31H30N2O3S/c1-31(2,3)32-30(35)29(27-20-24-12-8-9-13-26(24)37-27)33(21-23-14-17-25(36-4)18-15-23)28(34)19-16-22-10-6-5-7-11-22/h5-15,17-18,20,29H,21H2,1-4H3,(H,32,35). The summed E-state index contributed by atoms with van der Waals surface area (Å²) in [7, 11) is 1.61. The molecule has 0 saturated carbocycles. The van der Waals surface area contributed by atoms with Crippen LogP contribution in [0.25, 0.3) is 10.1 Å². The van der Waals surface area contributed by atoms with Crippen LogP contribution in [0.15, 0.2) is 84.9 Å². The Balaban J connectivity index is 1.80. The molecule has 37 heavy (non-hydrogen) atoms. The molecule has 0 aliphatic rings. The molecule has 5 nitrogen and oxygen atoms in total. The summed E-state index contributed by atoms with van der Waals surface area (Å²) in [6.45, 7) is 6.00. The Labute approximate surface area is 222 Å². The minimum atomic E-state index is -0.851. The SMILES string of the molecule is COc1ccc(CN(C(=O)C#Cc2ccccc2)C(C(=O)NC(C)(C)C)c2cc3ccccc3s2)cc1. The molecular weight excluding hydrogens is 480 g/mol. The summed E-state index contributed by atoms with van der Waals surface area (Å²) in [4.78, 5) is 29.8. The first-order chi connectivity index (χ1) is 17.7. The maximum absolute atomic E-state index is 13.8. The number of carbonyl (C=O) groups is 2. The molecule has 1 unspecified atom stereocenters. The number of nitrogens with zero attached hydrogens (tertiary/aromatic N) is 1. The van der Waals surface area contributed by atoms with Gasteiger partial charge in [-0.1, -0.05) is 54.5 Å². The molecule has 0 aliphatic heterocycles. The highest BCUT2D eigenvalue weighted by molar-refractivity contribution is 7.19. The van der Waals surface area contributed by atoms with Crippen LogP contribution < -0.4 is 10.1 Å². The Morgan fingerprint density at radius 3 is 2.30 bits per heavy atom. The van der Waals surface area contributed by atoms with E-state index in [9.17, 15) is 9.59 Å². The molecule has 6 heteroatoms. The van der Waals surface area contributed by atoms with Crippen molar-refractivity contribution in [1.29, 1.82) is 0 Å². The fourth-order valence-electron chi connectivity index (χ4n) is 3.93. The number of hydrogen-bond acceptors (Lipinski definition) is 4. The molecule has 0 radical (unpaired) electrons. The van der Waals surface area contributed by atoms with Crippen LogP contribution >= 0.6 is 11.3 Å². The third-order valence-corrected chi connectivity index (χ3v) is 6.80. The first-order valence-electron chi connectivity index (χ1n) is 12.0. The number of fused-ring (bicyclic) bond motifs is 1. The molecule has 2 amide bonds. The third-order valence-electron chi connectivity index (χ3n) is 5.63. The molecule has 0 bridgehead atoms. The Kier molecular flexibility index (Phi) is 7.95. The summed E-state index contributed by atoms with van der Waals surface area (Å²) in [5, 5.41) is 4.11. The van der Waals surface area contributed by atoms with E-state index in [4.69, 9.17) is 4.74 Å². The Bertz CT molecular complexity index is 1410. The van der Waals surface area contributed by atoms with Gasteiger partial charge < -0.3 is 15.0 Å². The van der Waals surface area contributed by atoms with Gasteiger partial charge in [-0.2, -0.15) is 0 Å². The topological polar surface area (TPSA) is 58.6 Å². The van der Waals surface area contributed by atoms with Crippen LogP contribution in [0.5, 0.6) is 5.75 Å². The smallest absolute Gasteiger partial charge is 0.300 e. The van der Waals surface area contributed by atoms with Crippen molar-refractivity contribution in [2.24, 2.45) is 0 Å². The number of nitrogens with one attached hydrogen (secondary N) is 1. The average molecular weight is 511 g/mol. The van der Waals surface area contributed by atoms with Gasteiger partial charge in [0, 0.05) is 33.1 Å². The second-order valence-electron chi connectivity index (χ2n) is 9.73. The van der Waals surface area contributed by atoms with Gasteiger partial charge in [0.15, 0.2) is 0 Å². The molecule has 3 aromatic carbocycles. The quantitative estimate of drug-likeness (QED) is 0.326. The van der Waals surface area contributed by atoms with Crippen molar-refractivity contribution < 1.29 is 14.3 Å². The van der Waals surface area contributed by atoms with Gasteiger partial charge in [0.2, 0.25) is 5.91 Å². The van der Waals surface area contributed by atoms with Crippen LogP contribution in [-0.2, 0) is 16.1 Å². The van der Waals surface area contributed by atoms with E-state index in [-0.39, 0.29) is 12.5 Å². The summed E-state index contributed by atoms with van der Waals surface area (Å²) < 4.78 is 6.34. The van der Waals surface area contributed by atoms with Crippen molar-refractivity contribution in [3.63, 3.8) is 0 Å². The predicted octanol–water partition coefficient (Wildman–Crippen LogP) is 5.95. The van der Waals surface area contributed by atoms with Crippen LogP contribution in [0, 0.1) is 11.8 Å². The second-order valence-corrected chi connectivity index (χ2v) is 10.8. The van der Waals surface area contributed by atoms with Crippen molar-refractivity contribution in [2.75, 3.05) is 7.11 Å². The lowest BCUT2D eigenvalue weighted by atomic mass is 10.1. The van der Waals surface area contributed by atoms with Gasteiger partial charge in [0.25, 0.3) is 5.91 Å². The van der Waals surface area contributed by atoms with E-state index in [0.29, 0.717) is 0 Å². The van der Waals surface area contributed by atoms with Gasteiger partial charge >= 0.3 is 0 Å². The van der Waals surface area contributed by atoms with Crippen molar-refractivity contribution >= 4 is 33.2 Å². The summed E-state index contributed by atoms with van der Waals surface area (Å²) in [6, 6.07) is 25.9. The molecule has 1 N–H and O–H groups in total. The number of hydrogen-bond donors (Lipinski definition) is 1. The van der Waals surface area contributed by atoms with E-state index in [1.54, 1.807) is 12.0 Å². The van der Waals surface area contributed by atoms with Gasteiger partial charge in [-0.3, -0.25) is 9.59 Å². The second kappa shape index (κ2) is 11.3. The Hall–Kier alpha value is -4.08. The zero-order valence-corrected chi connectivity index (χ0v) is 22.3. The number of benzene rings is 3. The van der Waals surface area contributed by atoms with Crippen molar-refractivity contribution in [3.05, 3.63) is 101 Å². The van der Waals surface area contributed by atoms with Crippen molar-refractivity contribution in [1.82, 2.24) is 10.2 Å². The van der Waals surface area contributed by atoms with Crippen molar-refractivity contribution in [3.8, 4) is 17.6 Å². The van der Waals surface area contributed by atoms with E-state index in [2.05, 4.69) is 17.2 Å². The minimum absolute atomic E-state index is 0.211. The Morgan fingerprint density at radius 2 is 1.65 bits per heavy atom.